The number of ether oxygens (including phenoxy) is 3. The molecular formula is C19H20O5. The second kappa shape index (κ2) is 6.43. The Morgan fingerprint density at radius 1 is 1.12 bits per heavy atom. The average Bonchev–Trinajstić information content (AvgIpc) is 3.36. The number of hydrogen-bond acceptors (Lipinski definition) is 4. The van der Waals surface area contributed by atoms with Crippen LogP contribution in [0.1, 0.15) is 12.0 Å². The summed E-state index contributed by atoms with van der Waals surface area (Å²) in [4.78, 5) is 11.5. The van der Waals surface area contributed by atoms with Crippen molar-refractivity contribution in [3.63, 3.8) is 0 Å². The van der Waals surface area contributed by atoms with Crippen LogP contribution >= 0.6 is 0 Å². The molecule has 2 aromatic carbocycles. The zero-order chi connectivity index (χ0) is 17.2. The van der Waals surface area contributed by atoms with Crippen LogP contribution in [0.25, 0.3) is 0 Å². The van der Waals surface area contributed by atoms with Crippen LogP contribution in [0.2, 0.25) is 0 Å². The molecule has 126 valence electrons. The highest BCUT2D eigenvalue weighted by atomic mass is 16.5. The molecule has 1 N–H and O–H groups in total. The van der Waals surface area contributed by atoms with Gasteiger partial charge in [0.25, 0.3) is 0 Å². The van der Waals surface area contributed by atoms with Gasteiger partial charge < -0.3 is 19.3 Å². The molecule has 0 bridgehead atoms. The summed E-state index contributed by atoms with van der Waals surface area (Å²) in [5, 5.41) is 9.46. The monoisotopic (exact) mass is 328 g/mol. The first-order valence-corrected chi connectivity index (χ1v) is 7.74. The SMILES string of the molecule is COc1ccc(C2(COc3ccccc3)CC2C(=O)O)cc1OC. The summed E-state index contributed by atoms with van der Waals surface area (Å²) >= 11 is 0. The van der Waals surface area contributed by atoms with Crippen molar-refractivity contribution < 1.29 is 24.1 Å². The average molecular weight is 328 g/mol. The minimum absolute atomic E-state index is 0.309. The second-order valence-corrected chi connectivity index (χ2v) is 5.92. The first-order valence-electron chi connectivity index (χ1n) is 7.74. The van der Waals surface area contributed by atoms with Gasteiger partial charge in [-0.2, -0.15) is 0 Å². The van der Waals surface area contributed by atoms with Gasteiger partial charge in [0.2, 0.25) is 0 Å². The molecule has 24 heavy (non-hydrogen) atoms. The number of benzene rings is 2. The van der Waals surface area contributed by atoms with Crippen LogP contribution in [0.5, 0.6) is 17.2 Å². The van der Waals surface area contributed by atoms with Gasteiger partial charge in [-0.3, -0.25) is 4.79 Å². The summed E-state index contributed by atoms with van der Waals surface area (Å²) < 4.78 is 16.5. The number of carboxylic acid groups (broad SMARTS) is 1. The minimum atomic E-state index is -0.804. The van der Waals surface area contributed by atoms with Crippen molar-refractivity contribution in [1.82, 2.24) is 0 Å². The molecule has 2 aromatic rings. The van der Waals surface area contributed by atoms with Crippen molar-refractivity contribution in [2.45, 2.75) is 11.8 Å². The first-order chi connectivity index (χ1) is 11.6. The lowest BCUT2D eigenvalue weighted by atomic mass is 9.93. The lowest BCUT2D eigenvalue weighted by Gasteiger charge is -2.19. The van der Waals surface area contributed by atoms with Gasteiger partial charge in [-0.1, -0.05) is 24.3 Å². The number of para-hydroxylation sites is 1. The summed E-state index contributed by atoms with van der Waals surface area (Å²) in [6.07, 6.45) is 0.546. The van der Waals surface area contributed by atoms with Crippen LogP contribution in [0, 0.1) is 5.92 Å². The normalized spacial score (nSPS) is 21.8. The van der Waals surface area contributed by atoms with E-state index in [0.717, 1.165) is 11.3 Å². The maximum atomic E-state index is 11.5. The molecule has 1 saturated carbocycles. The molecular weight excluding hydrogens is 308 g/mol. The predicted molar refractivity (Wildman–Crippen MR) is 88.9 cm³/mol. The molecule has 0 heterocycles. The van der Waals surface area contributed by atoms with Crippen LogP contribution in [-0.2, 0) is 10.2 Å². The zero-order valence-electron chi connectivity index (χ0n) is 13.7. The molecule has 1 fully saturated rings. The number of hydrogen-bond donors (Lipinski definition) is 1. The maximum absolute atomic E-state index is 11.5. The smallest absolute Gasteiger partial charge is 0.307 e. The third-order valence-electron chi connectivity index (χ3n) is 4.57. The Hall–Kier alpha value is -2.69. The van der Waals surface area contributed by atoms with Gasteiger partial charge in [-0.25, -0.2) is 0 Å². The van der Waals surface area contributed by atoms with Crippen LogP contribution < -0.4 is 14.2 Å². The Labute approximate surface area is 140 Å². The van der Waals surface area contributed by atoms with E-state index >= 15 is 0 Å². The van der Waals surface area contributed by atoms with Crippen LogP contribution in [0.3, 0.4) is 0 Å². The Balaban J connectivity index is 1.88. The van der Waals surface area contributed by atoms with Gasteiger partial charge in [0.15, 0.2) is 11.5 Å². The molecule has 3 rings (SSSR count). The molecule has 0 radical (unpaired) electrons. The first kappa shape index (κ1) is 16.2. The third-order valence-corrected chi connectivity index (χ3v) is 4.57. The number of methoxy groups -OCH3 is 2. The second-order valence-electron chi connectivity index (χ2n) is 5.92. The topological polar surface area (TPSA) is 65.0 Å². The summed E-state index contributed by atoms with van der Waals surface area (Å²) in [5.74, 6) is 0.673. The van der Waals surface area contributed by atoms with Crippen molar-refractivity contribution in [1.29, 1.82) is 0 Å². The Morgan fingerprint density at radius 2 is 1.83 bits per heavy atom. The Kier molecular flexibility index (Phi) is 4.34. The number of carbonyl (C=O) groups is 1. The molecule has 0 aromatic heterocycles. The van der Waals surface area contributed by atoms with E-state index in [1.54, 1.807) is 20.3 Å². The summed E-state index contributed by atoms with van der Waals surface area (Å²) in [6, 6.07) is 14.9. The molecule has 0 saturated heterocycles. The fourth-order valence-electron chi connectivity index (χ4n) is 3.07. The van der Waals surface area contributed by atoms with E-state index in [1.807, 2.05) is 42.5 Å². The minimum Gasteiger partial charge on any atom is -0.493 e. The molecule has 2 atom stereocenters. The van der Waals surface area contributed by atoms with Crippen molar-refractivity contribution in [3.8, 4) is 17.2 Å². The molecule has 1 aliphatic rings. The molecule has 2 unspecified atom stereocenters. The van der Waals surface area contributed by atoms with Gasteiger partial charge in [-0.15, -0.1) is 0 Å². The lowest BCUT2D eigenvalue weighted by molar-refractivity contribution is -0.139. The van der Waals surface area contributed by atoms with E-state index in [-0.39, 0.29) is 0 Å². The van der Waals surface area contributed by atoms with Crippen LogP contribution in [-0.4, -0.2) is 31.9 Å². The van der Waals surface area contributed by atoms with Gasteiger partial charge >= 0.3 is 5.97 Å². The van der Waals surface area contributed by atoms with E-state index in [2.05, 4.69) is 0 Å². The van der Waals surface area contributed by atoms with Crippen molar-refractivity contribution in [3.05, 3.63) is 54.1 Å². The Bertz CT molecular complexity index is 728. The van der Waals surface area contributed by atoms with Gasteiger partial charge in [0.1, 0.15) is 5.75 Å². The molecule has 0 spiro atoms. The molecule has 0 amide bonds. The van der Waals surface area contributed by atoms with E-state index < -0.39 is 17.3 Å². The van der Waals surface area contributed by atoms with E-state index in [4.69, 9.17) is 14.2 Å². The fourth-order valence-corrected chi connectivity index (χ4v) is 3.07. The van der Waals surface area contributed by atoms with E-state index in [1.165, 1.54) is 0 Å². The molecule has 5 nitrogen and oxygen atoms in total. The molecule has 0 aliphatic heterocycles. The van der Waals surface area contributed by atoms with Gasteiger partial charge in [0, 0.05) is 5.41 Å². The largest absolute Gasteiger partial charge is 0.493 e. The van der Waals surface area contributed by atoms with Crippen LogP contribution in [0.15, 0.2) is 48.5 Å². The quantitative estimate of drug-likeness (QED) is 0.846. The standard InChI is InChI=1S/C19H20O5/c1-22-16-9-8-13(10-17(16)23-2)19(11-15(19)18(20)21)12-24-14-6-4-3-5-7-14/h3-10,15H,11-12H2,1-2H3,(H,20,21). The highest BCUT2D eigenvalue weighted by Gasteiger charge is 2.60. The van der Waals surface area contributed by atoms with E-state index in [0.29, 0.717) is 24.5 Å². The zero-order valence-corrected chi connectivity index (χ0v) is 13.7. The Morgan fingerprint density at radius 3 is 2.42 bits per heavy atom. The van der Waals surface area contributed by atoms with E-state index in [9.17, 15) is 9.90 Å². The predicted octanol–water partition coefficient (Wildman–Crippen LogP) is 3.13. The molecule has 1 aliphatic carbocycles. The number of carboxylic acids is 1. The van der Waals surface area contributed by atoms with Crippen LogP contribution in [0.4, 0.5) is 0 Å². The number of rotatable bonds is 7. The summed E-state index contributed by atoms with van der Waals surface area (Å²) in [7, 11) is 3.14. The summed E-state index contributed by atoms with van der Waals surface area (Å²) in [5.41, 5.74) is 0.352. The molecule has 5 heteroatoms. The lowest BCUT2D eigenvalue weighted by Crippen LogP contribution is -2.23. The van der Waals surface area contributed by atoms with Crippen molar-refractivity contribution in [2.75, 3.05) is 20.8 Å². The van der Waals surface area contributed by atoms with Crippen molar-refractivity contribution in [2.24, 2.45) is 5.92 Å². The van der Waals surface area contributed by atoms with Gasteiger partial charge in [0.05, 0.1) is 26.7 Å². The van der Waals surface area contributed by atoms with Crippen molar-refractivity contribution >= 4 is 5.97 Å². The fraction of sp³-hybridized carbons (Fsp3) is 0.316. The van der Waals surface area contributed by atoms with Gasteiger partial charge in [-0.05, 0) is 36.2 Å². The third kappa shape index (κ3) is 2.89. The highest BCUT2D eigenvalue weighted by molar-refractivity contribution is 5.77. The summed E-state index contributed by atoms with van der Waals surface area (Å²) in [6.45, 7) is 0.309. The number of aliphatic carboxylic acids is 1. The maximum Gasteiger partial charge on any atom is 0.307 e. The highest BCUT2D eigenvalue weighted by Crippen LogP contribution is 2.55.